The van der Waals surface area contributed by atoms with Gasteiger partial charge in [0.2, 0.25) is 0 Å². The molecule has 0 radical (unpaired) electrons. The zero-order chi connectivity index (χ0) is 15.4. The molecule has 1 unspecified atom stereocenters. The third-order valence-corrected chi connectivity index (χ3v) is 3.29. The van der Waals surface area contributed by atoms with Crippen molar-refractivity contribution >= 4 is 5.97 Å². The molecule has 7 heteroatoms. The van der Waals surface area contributed by atoms with Gasteiger partial charge in [-0.3, -0.25) is 4.79 Å². The van der Waals surface area contributed by atoms with Gasteiger partial charge in [-0.2, -0.15) is 0 Å². The van der Waals surface area contributed by atoms with Crippen LogP contribution in [0.3, 0.4) is 0 Å². The minimum Gasteiger partial charge on any atom is -0.481 e. The molecule has 1 aromatic heterocycles. The Morgan fingerprint density at radius 2 is 2.24 bits per heavy atom. The van der Waals surface area contributed by atoms with Gasteiger partial charge in [-0.05, 0) is 47.5 Å². The van der Waals surface area contributed by atoms with Gasteiger partial charge in [0.15, 0.2) is 5.82 Å². The van der Waals surface area contributed by atoms with Gasteiger partial charge in [-0.1, -0.05) is 13.3 Å². The van der Waals surface area contributed by atoms with Crippen LogP contribution in [0.25, 0.3) is 11.4 Å². The second kappa shape index (κ2) is 6.43. The Morgan fingerprint density at radius 1 is 1.48 bits per heavy atom. The first-order chi connectivity index (χ1) is 10.0. The number of rotatable bonds is 6. The van der Waals surface area contributed by atoms with E-state index in [1.807, 2.05) is 6.92 Å². The van der Waals surface area contributed by atoms with Gasteiger partial charge >= 0.3 is 5.97 Å². The molecule has 0 aliphatic rings. The van der Waals surface area contributed by atoms with Crippen molar-refractivity contribution in [2.24, 2.45) is 0 Å². The van der Waals surface area contributed by atoms with Crippen LogP contribution in [0.4, 0.5) is 4.39 Å². The van der Waals surface area contributed by atoms with E-state index in [1.165, 1.54) is 10.7 Å². The molecule has 0 saturated carbocycles. The van der Waals surface area contributed by atoms with E-state index in [4.69, 9.17) is 5.11 Å². The second-order valence-electron chi connectivity index (χ2n) is 4.95. The lowest BCUT2D eigenvalue weighted by atomic mass is 10.1. The first kappa shape index (κ1) is 15.1. The number of carboxylic acids is 1. The lowest BCUT2D eigenvalue weighted by Crippen LogP contribution is -2.16. The van der Waals surface area contributed by atoms with Gasteiger partial charge in [0, 0.05) is 5.56 Å². The van der Waals surface area contributed by atoms with E-state index in [0.717, 1.165) is 6.42 Å². The molecule has 0 amide bonds. The number of hydrogen-bond acceptors (Lipinski definition) is 4. The number of nitrogens with zero attached hydrogens (tertiary/aromatic N) is 4. The van der Waals surface area contributed by atoms with Crippen LogP contribution in [0.15, 0.2) is 18.2 Å². The molecule has 21 heavy (non-hydrogen) atoms. The molecule has 0 saturated heterocycles. The molecule has 0 bridgehead atoms. The van der Waals surface area contributed by atoms with E-state index in [2.05, 4.69) is 15.5 Å². The van der Waals surface area contributed by atoms with Crippen molar-refractivity contribution in [2.45, 2.75) is 39.2 Å². The highest BCUT2D eigenvalue weighted by molar-refractivity contribution is 5.67. The lowest BCUT2D eigenvalue weighted by Gasteiger charge is -2.15. The fourth-order valence-corrected chi connectivity index (χ4v) is 2.26. The summed E-state index contributed by atoms with van der Waals surface area (Å²) in [5.41, 5.74) is 1.16. The Hall–Kier alpha value is -2.31. The number of carboxylic acid groups (broad SMARTS) is 1. The highest BCUT2D eigenvalue weighted by Crippen LogP contribution is 2.25. The van der Waals surface area contributed by atoms with Crippen LogP contribution in [0.1, 0.15) is 37.8 Å². The van der Waals surface area contributed by atoms with E-state index < -0.39 is 5.97 Å². The molecule has 112 valence electrons. The number of hydrogen-bond donors (Lipinski definition) is 1. The molecule has 1 heterocycles. The number of aromatic nitrogens is 4. The summed E-state index contributed by atoms with van der Waals surface area (Å²) in [7, 11) is 0. The molecule has 2 aromatic rings. The van der Waals surface area contributed by atoms with E-state index in [0.29, 0.717) is 23.4 Å². The molecule has 0 aliphatic heterocycles. The molecular weight excluding hydrogens is 275 g/mol. The standard InChI is InChI=1S/C14H17FN4O2/c1-3-4-11(8-13(20)21)19-14(16-17-18-19)10-5-6-12(15)9(2)7-10/h5-7,11H,3-4,8H2,1-2H3,(H,20,21). The summed E-state index contributed by atoms with van der Waals surface area (Å²) in [6.45, 7) is 3.63. The molecule has 1 aromatic carbocycles. The molecule has 1 atom stereocenters. The number of benzene rings is 1. The Labute approximate surface area is 121 Å². The Kier molecular flexibility index (Phi) is 4.62. The van der Waals surface area contributed by atoms with Gasteiger partial charge in [-0.15, -0.1) is 5.10 Å². The fourth-order valence-electron chi connectivity index (χ4n) is 2.26. The average molecular weight is 292 g/mol. The lowest BCUT2D eigenvalue weighted by molar-refractivity contribution is -0.138. The monoisotopic (exact) mass is 292 g/mol. The highest BCUT2D eigenvalue weighted by Gasteiger charge is 2.21. The van der Waals surface area contributed by atoms with Crippen molar-refractivity contribution in [3.05, 3.63) is 29.6 Å². The molecule has 2 rings (SSSR count). The maximum Gasteiger partial charge on any atom is 0.305 e. The first-order valence-corrected chi connectivity index (χ1v) is 6.79. The molecule has 0 aliphatic carbocycles. The number of halogens is 1. The Morgan fingerprint density at radius 3 is 2.86 bits per heavy atom. The van der Waals surface area contributed by atoms with Crippen LogP contribution in [-0.2, 0) is 4.79 Å². The van der Waals surface area contributed by atoms with Crippen molar-refractivity contribution in [1.82, 2.24) is 20.2 Å². The quantitative estimate of drug-likeness (QED) is 0.885. The van der Waals surface area contributed by atoms with Crippen LogP contribution in [-0.4, -0.2) is 31.3 Å². The molecule has 1 N–H and O–H groups in total. The summed E-state index contributed by atoms with van der Waals surface area (Å²) in [5, 5.41) is 20.5. The SMILES string of the molecule is CCCC(CC(=O)O)n1nnnc1-c1ccc(F)c(C)c1. The zero-order valence-electron chi connectivity index (χ0n) is 12.0. The molecular formula is C14H17FN4O2. The van der Waals surface area contributed by atoms with Gasteiger partial charge in [-0.25, -0.2) is 9.07 Å². The Balaban J connectivity index is 2.39. The van der Waals surface area contributed by atoms with E-state index in [-0.39, 0.29) is 18.3 Å². The number of aryl methyl sites for hydroxylation is 1. The maximum atomic E-state index is 13.4. The number of tetrazole rings is 1. The number of aliphatic carboxylic acids is 1. The van der Waals surface area contributed by atoms with Crippen LogP contribution in [0.2, 0.25) is 0 Å². The van der Waals surface area contributed by atoms with Crippen molar-refractivity contribution in [3.63, 3.8) is 0 Å². The summed E-state index contributed by atoms with van der Waals surface area (Å²) >= 11 is 0. The molecule has 6 nitrogen and oxygen atoms in total. The minimum atomic E-state index is -0.898. The summed E-state index contributed by atoms with van der Waals surface area (Å²) in [6.07, 6.45) is 1.43. The normalized spacial score (nSPS) is 12.3. The van der Waals surface area contributed by atoms with Crippen molar-refractivity contribution in [3.8, 4) is 11.4 Å². The average Bonchev–Trinajstić information content (AvgIpc) is 2.90. The van der Waals surface area contributed by atoms with Crippen LogP contribution in [0.5, 0.6) is 0 Å². The van der Waals surface area contributed by atoms with Gasteiger partial charge in [0.05, 0.1) is 12.5 Å². The third kappa shape index (κ3) is 3.42. The zero-order valence-corrected chi connectivity index (χ0v) is 12.0. The summed E-state index contributed by atoms with van der Waals surface area (Å²) in [6, 6.07) is 4.29. The largest absolute Gasteiger partial charge is 0.481 e. The van der Waals surface area contributed by atoms with E-state index in [9.17, 15) is 9.18 Å². The predicted octanol–water partition coefficient (Wildman–Crippen LogP) is 2.60. The summed E-state index contributed by atoms with van der Waals surface area (Å²) in [5.74, 6) is -0.739. The van der Waals surface area contributed by atoms with Crippen LogP contribution >= 0.6 is 0 Å². The van der Waals surface area contributed by atoms with Gasteiger partial charge < -0.3 is 5.11 Å². The number of carbonyl (C=O) groups is 1. The first-order valence-electron chi connectivity index (χ1n) is 6.79. The Bertz CT molecular complexity index is 642. The van der Waals surface area contributed by atoms with Crippen LogP contribution < -0.4 is 0 Å². The third-order valence-electron chi connectivity index (χ3n) is 3.29. The van der Waals surface area contributed by atoms with E-state index >= 15 is 0 Å². The predicted molar refractivity (Wildman–Crippen MR) is 74.1 cm³/mol. The topological polar surface area (TPSA) is 80.9 Å². The van der Waals surface area contributed by atoms with Crippen molar-refractivity contribution in [1.29, 1.82) is 0 Å². The maximum absolute atomic E-state index is 13.4. The summed E-state index contributed by atoms with van der Waals surface area (Å²) in [4.78, 5) is 11.0. The van der Waals surface area contributed by atoms with Crippen molar-refractivity contribution < 1.29 is 14.3 Å². The van der Waals surface area contributed by atoms with Gasteiger partial charge in [0.1, 0.15) is 5.82 Å². The van der Waals surface area contributed by atoms with E-state index in [1.54, 1.807) is 19.1 Å². The smallest absolute Gasteiger partial charge is 0.305 e. The van der Waals surface area contributed by atoms with Gasteiger partial charge in [0.25, 0.3) is 0 Å². The van der Waals surface area contributed by atoms with Crippen molar-refractivity contribution in [2.75, 3.05) is 0 Å². The minimum absolute atomic E-state index is 0.0495. The fraction of sp³-hybridized carbons (Fsp3) is 0.429. The molecule has 0 fully saturated rings. The van der Waals surface area contributed by atoms with Crippen LogP contribution in [0, 0.1) is 12.7 Å². The second-order valence-corrected chi connectivity index (χ2v) is 4.95. The molecule has 0 spiro atoms. The summed E-state index contributed by atoms with van der Waals surface area (Å²) < 4.78 is 14.9. The highest BCUT2D eigenvalue weighted by atomic mass is 19.1.